The lowest BCUT2D eigenvalue weighted by Gasteiger charge is -2.17. The number of nitrogens with two attached hydrogens (primary N) is 1. The van der Waals surface area contributed by atoms with Crippen molar-refractivity contribution < 1.29 is 19.0 Å². The molecule has 5 heteroatoms. The molecular formula is C32H65NO4. The van der Waals surface area contributed by atoms with E-state index in [0.717, 1.165) is 19.4 Å². The quantitative estimate of drug-likeness (QED) is 0.0910. The van der Waals surface area contributed by atoms with E-state index in [4.69, 9.17) is 19.9 Å². The molecule has 0 fully saturated rings. The summed E-state index contributed by atoms with van der Waals surface area (Å²) in [4.78, 5) is 11.0. The minimum Gasteiger partial charge on any atom is -0.447 e. The van der Waals surface area contributed by atoms with Crippen LogP contribution in [0.1, 0.15) is 168 Å². The molecule has 222 valence electrons. The third-order valence-corrected chi connectivity index (χ3v) is 7.21. The fourth-order valence-corrected chi connectivity index (χ4v) is 4.77. The van der Waals surface area contributed by atoms with Gasteiger partial charge in [0.2, 0.25) is 0 Å². The van der Waals surface area contributed by atoms with Crippen molar-refractivity contribution in [3.8, 4) is 0 Å². The van der Waals surface area contributed by atoms with Crippen LogP contribution in [-0.4, -0.2) is 38.6 Å². The van der Waals surface area contributed by atoms with Crippen LogP contribution in [0.3, 0.4) is 0 Å². The van der Waals surface area contributed by atoms with Crippen molar-refractivity contribution in [2.45, 2.75) is 174 Å². The molecule has 0 aliphatic rings. The number of hydrogen-bond acceptors (Lipinski definition) is 4. The molecule has 0 spiro atoms. The maximum Gasteiger partial charge on any atom is 0.404 e. The zero-order valence-corrected chi connectivity index (χ0v) is 25.1. The van der Waals surface area contributed by atoms with Crippen LogP contribution in [0, 0.1) is 0 Å². The summed E-state index contributed by atoms with van der Waals surface area (Å²) >= 11 is 0. The number of hydrogen-bond donors (Lipinski definition) is 1. The van der Waals surface area contributed by atoms with Gasteiger partial charge in [-0.2, -0.15) is 0 Å². The molecule has 5 nitrogen and oxygen atoms in total. The number of amides is 1. The molecular weight excluding hydrogens is 462 g/mol. The molecule has 1 atom stereocenters. The van der Waals surface area contributed by atoms with E-state index in [9.17, 15) is 4.79 Å². The second-order valence-corrected chi connectivity index (χ2v) is 11.0. The molecule has 0 aromatic carbocycles. The monoisotopic (exact) mass is 527 g/mol. The summed E-state index contributed by atoms with van der Waals surface area (Å²) in [7, 11) is 0. The lowest BCUT2D eigenvalue weighted by Crippen LogP contribution is -2.29. The molecule has 0 saturated heterocycles. The molecule has 0 aromatic rings. The van der Waals surface area contributed by atoms with E-state index in [1.807, 2.05) is 0 Å². The number of carbonyl (C=O) groups excluding carboxylic acids is 1. The first-order valence-corrected chi connectivity index (χ1v) is 16.3. The fourth-order valence-electron chi connectivity index (χ4n) is 4.77. The van der Waals surface area contributed by atoms with Crippen molar-refractivity contribution >= 4 is 6.09 Å². The Morgan fingerprint density at radius 3 is 1.24 bits per heavy atom. The average molecular weight is 528 g/mol. The summed E-state index contributed by atoms with van der Waals surface area (Å²) in [6.45, 7) is 6.61. The lowest BCUT2D eigenvalue weighted by atomic mass is 10.1. The van der Waals surface area contributed by atoms with Gasteiger partial charge in [0.05, 0.1) is 6.61 Å². The first-order valence-electron chi connectivity index (χ1n) is 16.3. The predicted molar refractivity (Wildman–Crippen MR) is 158 cm³/mol. The van der Waals surface area contributed by atoms with E-state index in [1.165, 1.54) is 141 Å². The molecule has 0 saturated carbocycles. The zero-order chi connectivity index (χ0) is 27.1. The predicted octanol–water partition coefficient (Wildman–Crippen LogP) is 9.89. The normalized spacial score (nSPS) is 12.2. The van der Waals surface area contributed by atoms with Crippen LogP contribution in [0.4, 0.5) is 4.79 Å². The Morgan fingerprint density at radius 2 is 0.865 bits per heavy atom. The lowest BCUT2D eigenvalue weighted by molar-refractivity contribution is -0.0459. The van der Waals surface area contributed by atoms with Crippen LogP contribution in [0.15, 0.2) is 0 Å². The maximum absolute atomic E-state index is 11.0. The van der Waals surface area contributed by atoms with Crippen LogP contribution in [0.5, 0.6) is 0 Å². The maximum atomic E-state index is 11.0. The first kappa shape index (κ1) is 36.2. The Balaban J connectivity index is 3.58. The van der Waals surface area contributed by atoms with Gasteiger partial charge in [-0.1, -0.05) is 155 Å². The summed E-state index contributed by atoms with van der Waals surface area (Å²) in [6.07, 6.45) is 31.0. The number of unbranched alkanes of at least 4 members (excludes halogenated alkanes) is 22. The van der Waals surface area contributed by atoms with Crippen molar-refractivity contribution in [1.82, 2.24) is 0 Å². The van der Waals surface area contributed by atoms with Gasteiger partial charge < -0.3 is 19.9 Å². The highest BCUT2D eigenvalue weighted by atomic mass is 16.6. The van der Waals surface area contributed by atoms with Gasteiger partial charge in [0, 0.05) is 13.2 Å². The number of ether oxygens (including phenoxy) is 3. The molecule has 1 amide bonds. The Bertz CT molecular complexity index is 447. The van der Waals surface area contributed by atoms with E-state index in [2.05, 4.69) is 13.8 Å². The van der Waals surface area contributed by atoms with Crippen molar-refractivity contribution in [2.24, 2.45) is 5.73 Å². The number of carbonyl (C=O) groups is 1. The van der Waals surface area contributed by atoms with Gasteiger partial charge in [0.15, 0.2) is 0 Å². The third-order valence-electron chi connectivity index (χ3n) is 7.21. The highest BCUT2D eigenvalue weighted by Crippen LogP contribution is 2.13. The molecule has 2 N–H and O–H groups in total. The molecule has 0 rings (SSSR count). The largest absolute Gasteiger partial charge is 0.447 e. The standard InChI is InChI=1S/C32H65NO4/c1-3-5-7-9-11-13-15-17-19-21-23-25-27-35-29-31(30-37-32(33)34)36-28-26-24-22-20-18-16-14-12-10-8-6-4-2/h31H,3-30H2,1-2H3,(H2,33,34)/t31-/m1/s1. The minimum absolute atomic E-state index is 0.173. The molecule has 0 aliphatic carbocycles. The molecule has 0 bridgehead atoms. The van der Waals surface area contributed by atoms with Gasteiger partial charge in [0.25, 0.3) is 0 Å². The third kappa shape index (κ3) is 31.3. The van der Waals surface area contributed by atoms with Gasteiger partial charge in [-0.25, -0.2) is 4.79 Å². The van der Waals surface area contributed by atoms with Crippen LogP contribution in [0.25, 0.3) is 0 Å². The Morgan fingerprint density at radius 1 is 0.514 bits per heavy atom. The summed E-state index contributed by atoms with van der Waals surface area (Å²) in [5.41, 5.74) is 5.14. The highest BCUT2D eigenvalue weighted by molar-refractivity contribution is 5.64. The molecule has 0 aromatic heterocycles. The van der Waals surface area contributed by atoms with Crippen LogP contribution < -0.4 is 5.73 Å². The van der Waals surface area contributed by atoms with E-state index in [-0.39, 0.29) is 12.7 Å². The highest BCUT2D eigenvalue weighted by Gasteiger charge is 2.12. The van der Waals surface area contributed by atoms with Crippen molar-refractivity contribution in [2.75, 3.05) is 26.4 Å². The number of rotatable bonds is 31. The smallest absolute Gasteiger partial charge is 0.404 e. The molecule has 0 heterocycles. The first-order chi connectivity index (χ1) is 18.2. The minimum atomic E-state index is -0.750. The Kier molecular flexibility index (Phi) is 30.7. The van der Waals surface area contributed by atoms with Gasteiger partial charge in [-0.15, -0.1) is 0 Å². The van der Waals surface area contributed by atoms with E-state index >= 15 is 0 Å². The van der Waals surface area contributed by atoms with Crippen molar-refractivity contribution in [3.63, 3.8) is 0 Å². The van der Waals surface area contributed by atoms with Crippen LogP contribution in [-0.2, 0) is 14.2 Å². The summed E-state index contributed by atoms with van der Waals surface area (Å²) in [5.74, 6) is 0. The van der Waals surface area contributed by atoms with Gasteiger partial charge >= 0.3 is 6.09 Å². The average Bonchev–Trinajstić information content (AvgIpc) is 2.89. The summed E-state index contributed by atoms with van der Waals surface area (Å²) in [6, 6.07) is 0. The van der Waals surface area contributed by atoms with Crippen molar-refractivity contribution in [1.29, 1.82) is 0 Å². The van der Waals surface area contributed by atoms with E-state index < -0.39 is 6.09 Å². The SMILES string of the molecule is CCCCCCCCCCCCCCOC[C@H](COC(N)=O)OCCCCCCCCCCCCCC. The second-order valence-electron chi connectivity index (χ2n) is 11.0. The van der Waals surface area contributed by atoms with E-state index in [1.54, 1.807) is 0 Å². The summed E-state index contributed by atoms with van der Waals surface area (Å²) in [5, 5.41) is 0. The molecule has 0 unspecified atom stereocenters. The Labute approximate surface area is 231 Å². The van der Waals surface area contributed by atoms with Gasteiger partial charge in [0.1, 0.15) is 12.7 Å². The Hall–Kier alpha value is -0.810. The van der Waals surface area contributed by atoms with E-state index in [0.29, 0.717) is 13.2 Å². The summed E-state index contributed by atoms with van der Waals surface area (Å²) < 4.78 is 16.7. The van der Waals surface area contributed by atoms with Crippen LogP contribution in [0.2, 0.25) is 0 Å². The van der Waals surface area contributed by atoms with Gasteiger partial charge in [-0.05, 0) is 12.8 Å². The zero-order valence-electron chi connectivity index (χ0n) is 25.1. The molecule has 0 aliphatic heterocycles. The molecule has 37 heavy (non-hydrogen) atoms. The topological polar surface area (TPSA) is 70.8 Å². The molecule has 0 radical (unpaired) electrons. The van der Waals surface area contributed by atoms with Crippen LogP contribution >= 0.6 is 0 Å². The van der Waals surface area contributed by atoms with Crippen molar-refractivity contribution in [3.05, 3.63) is 0 Å². The fraction of sp³-hybridized carbons (Fsp3) is 0.969. The number of primary amides is 1. The second kappa shape index (κ2) is 31.4. The van der Waals surface area contributed by atoms with Gasteiger partial charge in [-0.3, -0.25) is 0 Å².